The minimum absolute atomic E-state index is 0.869. The number of aromatic nitrogens is 5. The zero-order valence-electron chi connectivity index (χ0n) is 13.5. The second kappa shape index (κ2) is 5.24. The van der Waals surface area contributed by atoms with Gasteiger partial charge in [-0.05, 0) is 29.8 Å². The van der Waals surface area contributed by atoms with Crippen LogP contribution in [0.4, 0.5) is 0 Å². The van der Waals surface area contributed by atoms with E-state index in [1.165, 1.54) is 0 Å². The van der Waals surface area contributed by atoms with Crippen LogP contribution in [0.1, 0.15) is 0 Å². The molecule has 0 aliphatic carbocycles. The van der Waals surface area contributed by atoms with E-state index in [4.69, 9.17) is 4.42 Å². The maximum Gasteiger partial charge on any atom is 0.109 e. The van der Waals surface area contributed by atoms with E-state index < -0.39 is 0 Å². The van der Waals surface area contributed by atoms with Gasteiger partial charge in [0.1, 0.15) is 5.69 Å². The van der Waals surface area contributed by atoms with E-state index in [0.717, 1.165) is 44.7 Å². The van der Waals surface area contributed by atoms with E-state index in [0.29, 0.717) is 0 Å². The minimum Gasteiger partial charge on any atom is -0.472 e. The van der Waals surface area contributed by atoms with Gasteiger partial charge in [-0.15, -0.1) is 0 Å². The highest BCUT2D eigenvalue weighted by atomic mass is 16.3. The lowest BCUT2D eigenvalue weighted by molar-refractivity contribution is 0.568. The fourth-order valence-electron chi connectivity index (χ4n) is 3.13. The van der Waals surface area contributed by atoms with Crippen LogP contribution in [0.25, 0.3) is 44.7 Å². The molecule has 0 saturated carbocycles. The molecule has 0 aliphatic rings. The number of fused-ring (bicyclic) bond motifs is 1. The number of furan rings is 1. The third-order valence-corrected chi connectivity index (χ3v) is 4.37. The van der Waals surface area contributed by atoms with Crippen LogP contribution in [0.15, 0.2) is 65.7 Å². The summed E-state index contributed by atoms with van der Waals surface area (Å²) >= 11 is 0. The standard InChI is InChI=1S/C19H15N5O/c1-24-10-13(9-20-24)17-8-19(23-22-17)18-7-15-14(12-5-6-25-11-12)3-2-4-16(15)21-18/h2-11,21H,1H3,(H,22,23). The molecular formula is C19H15N5O. The molecule has 4 heterocycles. The molecule has 1 aromatic carbocycles. The summed E-state index contributed by atoms with van der Waals surface area (Å²) in [7, 11) is 1.90. The molecule has 6 heteroatoms. The summed E-state index contributed by atoms with van der Waals surface area (Å²) in [4.78, 5) is 3.45. The van der Waals surface area contributed by atoms with Crippen molar-refractivity contribution in [2.24, 2.45) is 7.05 Å². The monoisotopic (exact) mass is 329 g/mol. The predicted octanol–water partition coefficient (Wildman–Crippen LogP) is 4.22. The molecule has 0 aliphatic heterocycles. The van der Waals surface area contributed by atoms with Crippen LogP contribution >= 0.6 is 0 Å². The van der Waals surface area contributed by atoms with Gasteiger partial charge in [-0.2, -0.15) is 10.2 Å². The lowest BCUT2D eigenvalue weighted by Gasteiger charge is -1.98. The Morgan fingerprint density at radius 2 is 2.04 bits per heavy atom. The number of nitrogens with one attached hydrogen (secondary N) is 2. The number of hydrogen-bond acceptors (Lipinski definition) is 3. The third-order valence-electron chi connectivity index (χ3n) is 4.37. The lowest BCUT2D eigenvalue weighted by atomic mass is 10.0. The summed E-state index contributed by atoms with van der Waals surface area (Å²) in [6.45, 7) is 0. The van der Waals surface area contributed by atoms with Gasteiger partial charge in [0.2, 0.25) is 0 Å². The first-order valence-electron chi connectivity index (χ1n) is 7.97. The third kappa shape index (κ3) is 2.27. The van der Waals surface area contributed by atoms with Crippen LogP contribution < -0.4 is 0 Å². The van der Waals surface area contributed by atoms with Crippen molar-refractivity contribution in [3.05, 3.63) is 61.3 Å². The molecule has 2 N–H and O–H groups in total. The Hall–Kier alpha value is -3.54. The summed E-state index contributed by atoms with van der Waals surface area (Å²) in [6.07, 6.45) is 7.23. The summed E-state index contributed by atoms with van der Waals surface area (Å²) in [5.74, 6) is 0. The van der Waals surface area contributed by atoms with Crippen molar-refractivity contribution in [2.45, 2.75) is 0 Å². The van der Waals surface area contributed by atoms with Gasteiger partial charge in [-0.1, -0.05) is 12.1 Å². The molecule has 25 heavy (non-hydrogen) atoms. The van der Waals surface area contributed by atoms with Crippen molar-refractivity contribution in [2.75, 3.05) is 0 Å². The first kappa shape index (κ1) is 13.9. The highest BCUT2D eigenvalue weighted by molar-refractivity contribution is 5.97. The van der Waals surface area contributed by atoms with Crippen LogP contribution in [-0.4, -0.2) is 25.0 Å². The quantitative estimate of drug-likeness (QED) is 0.520. The number of H-pyrrole nitrogens is 2. The number of rotatable bonds is 3. The first-order valence-corrected chi connectivity index (χ1v) is 7.97. The van der Waals surface area contributed by atoms with E-state index in [9.17, 15) is 0 Å². The van der Waals surface area contributed by atoms with Crippen molar-refractivity contribution in [1.29, 1.82) is 0 Å². The van der Waals surface area contributed by atoms with Crippen LogP contribution in [-0.2, 0) is 7.05 Å². The molecule has 0 bridgehead atoms. The maximum atomic E-state index is 5.23. The van der Waals surface area contributed by atoms with Crippen molar-refractivity contribution >= 4 is 10.9 Å². The van der Waals surface area contributed by atoms with Crippen LogP contribution in [0.5, 0.6) is 0 Å². The Labute approximate surface area is 143 Å². The molecule has 0 atom stereocenters. The molecule has 0 unspecified atom stereocenters. The van der Waals surface area contributed by atoms with Crippen LogP contribution in [0, 0.1) is 0 Å². The summed E-state index contributed by atoms with van der Waals surface area (Å²) in [6, 6.07) is 12.3. The Bertz CT molecular complexity index is 1160. The van der Waals surface area contributed by atoms with E-state index in [2.05, 4.69) is 38.5 Å². The smallest absolute Gasteiger partial charge is 0.109 e. The number of aryl methyl sites for hydroxylation is 1. The highest BCUT2D eigenvalue weighted by Crippen LogP contribution is 2.32. The fourth-order valence-corrected chi connectivity index (χ4v) is 3.13. The van der Waals surface area contributed by atoms with E-state index >= 15 is 0 Å². The lowest BCUT2D eigenvalue weighted by Crippen LogP contribution is -1.84. The van der Waals surface area contributed by atoms with Gasteiger partial charge in [0, 0.05) is 35.3 Å². The molecule has 4 aromatic heterocycles. The minimum atomic E-state index is 0.869. The first-order chi connectivity index (χ1) is 12.3. The maximum absolute atomic E-state index is 5.23. The Kier molecular flexibility index (Phi) is 2.90. The molecule has 0 saturated heterocycles. The Morgan fingerprint density at radius 3 is 2.84 bits per heavy atom. The SMILES string of the molecule is Cn1cc(-c2cc(-c3cc4c(-c5ccoc5)cccc4[nH]3)n[nH]2)cn1. The number of aromatic amines is 2. The predicted molar refractivity (Wildman–Crippen MR) is 95.8 cm³/mol. The highest BCUT2D eigenvalue weighted by Gasteiger charge is 2.12. The molecular weight excluding hydrogens is 314 g/mol. The number of nitrogens with zero attached hydrogens (tertiary/aromatic N) is 3. The number of benzene rings is 1. The zero-order valence-corrected chi connectivity index (χ0v) is 13.5. The van der Waals surface area contributed by atoms with Gasteiger partial charge in [0.25, 0.3) is 0 Å². The molecule has 5 rings (SSSR count). The Morgan fingerprint density at radius 1 is 1.08 bits per heavy atom. The van der Waals surface area contributed by atoms with E-state index in [1.54, 1.807) is 17.2 Å². The topological polar surface area (TPSA) is 75.4 Å². The molecule has 0 radical (unpaired) electrons. The average Bonchev–Trinajstić information content (AvgIpc) is 3.38. The second-order valence-electron chi connectivity index (χ2n) is 6.03. The van der Waals surface area contributed by atoms with E-state index in [-0.39, 0.29) is 0 Å². The zero-order chi connectivity index (χ0) is 16.8. The molecule has 0 spiro atoms. The van der Waals surface area contributed by atoms with Crippen molar-refractivity contribution < 1.29 is 4.42 Å². The average molecular weight is 329 g/mol. The number of hydrogen-bond donors (Lipinski definition) is 2. The largest absolute Gasteiger partial charge is 0.472 e. The molecule has 122 valence electrons. The van der Waals surface area contributed by atoms with Crippen molar-refractivity contribution in [1.82, 2.24) is 25.0 Å². The summed E-state index contributed by atoms with van der Waals surface area (Å²) < 4.78 is 7.00. The van der Waals surface area contributed by atoms with Gasteiger partial charge in [-0.3, -0.25) is 9.78 Å². The Balaban J connectivity index is 1.60. The molecule has 6 nitrogen and oxygen atoms in total. The van der Waals surface area contributed by atoms with Crippen LogP contribution in [0.2, 0.25) is 0 Å². The van der Waals surface area contributed by atoms with Crippen molar-refractivity contribution in [3.8, 4) is 33.8 Å². The summed E-state index contributed by atoms with van der Waals surface area (Å²) in [5, 5.41) is 12.9. The molecule has 0 amide bonds. The van der Waals surface area contributed by atoms with Crippen molar-refractivity contribution in [3.63, 3.8) is 0 Å². The molecule has 5 aromatic rings. The fraction of sp³-hybridized carbons (Fsp3) is 0.0526. The molecule has 0 fully saturated rings. The van der Waals surface area contributed by atoms with Gasteiger partial charge < -0.3 is 9.40 Å². The van der Waals surface area contributed by atoms with Gasteiger partial charge in [0.15, 0.2) is 0 Å². The van der Waals surface area contributed by atoms with Gasteiger partial charge in [0.05, 0.1) is 30.1 Å². The van der Waals surface area contributed by atoms with Crippen LogP contribution in [0.3, 0.4) is 0 Å². The van der Waals surface area contributed by atoms with E-state index in [1.807, 2.05) is 37.6 Å². The van der Waals surface area contributed by atoms with Gasteiger partial charge in [-0.25, -0.2) is 0 Å². The summed E-state index contributed by atoms with van der Waals surface area (Å²) in [5.41, 5.74) is 7.06. The normalized spacial score (nSPS) is 11.4. The second-order valence-corrected chi connectivity index (χ2v) is 6.03. The van der Waals surface area contributed by atoms with Gasteiger partial charge >= 0.3 is 0 Å².